The fourth-order valence-corrected chi connectivity index (χ4v) is 2.53. The molecule has 4 heteroatoms. The summed E-state index contributed by atoms with van der Waals surface area (Å²) in [7, 11) is 0. The van der Waals surface area contributed by atoms with E-state index in [1.54, 1.807) is 13.0 Å². The van der Waals surface area contributed by atoms with Crippen molar-refractivity contribution < 1.29 is 4.39 Å². The van der Waals surface area contributed by atoms with Crippen LogP contribution in [0.3, 0.4) is 0 Å². The highest BCUT2D eigenvalue weighted by Crippen LogP contribution is 2.28. The highest BCUT2D eigenvalue weighted by Gasteiger charge is 2.38. The zero-order valence-corrected chi connectivity index (χ0v) is 8.70. The Hall–Kier alpha value is -1.16. The van der Waals surface area contributed by atoms with Crippen molar-refractivity contribution in [2.45, 2.75) is 25.4 Å². The maximum atomic E-state index is 13.1. The van der Waals surface area contributed by atoms with E-state index in [4.69, 9.17) is 0 Å². The van der Waals surface area contributed by atoms with Crippen LogP contribution in [0.2, 0.25) is 0 Å². The quantitative estimate of drug-likeness (QED) is 0.747. The van der Waals surface area contributed by atoms with Crippen LogP contribution < -0.4 is 10.2 Å². The molecule has 2 aliphatic heterocycles. The van der Waals surface area contributed by atoms with Crippen molar-refractivity contribution >= 4 is 5.82 Å². The fourth-order valence-electron chi connectivity index (χ4n) is 2.53. The van der Waals surface area contributed by atoms with Crippen LogP contribution in [0.4, 0.5) is 10.2 Å². The molecule has 0 aliphatic carbocycles. The van der Waals surface area contributed by atoms with Crippen molar-refractivity contribution in [2.24, 2.45) is 0 Å². The summed E-state index contributed by atoms with van der Waals surface area (Å²) in [6.45, 7) is 3.75. The zero-order chi connectivity index (χ0) is 10.4. The Kier molecular flexibility index (Phi) is 1.92. The summed E-state index contributed by atoms with van der Waals surface area (Å²) in [6, 6.07) is 4.44. The lowest BCUT2D eigenvalue weighted by molar-refractivity contribution is 0.571. The second-order valence-electron chi connectivity index (χ2n) is 4.38. The van der Waals surface area contributed by atoms with E-state index in [2.05, 4.69) is 15.2 Å². The lowest BCUT2D eigenvalue weighted by atomic mass is 10.2. The molecule has 3 heterocycles. The van der Waals surface area contributed by atoms with E-state index in [0.717, 1.165) is 18.9 Å². The first kappa shape index (κ1) is 9.09. The van der Waals surface area contributed by atoms with E-state index in [-0.39, 0.29) is 5.82 Å². The third kappa shape index (κ3) is 1.40. The van der Waals surface area contributed by atoms with Crippen LogP contribution in [0.15, 0.2) is 12.1 Å². The maximum absolute atomic E-state index is 13.1. The Labute approximate surface area is 88.3 Å². The molecule has 0 spiro atoms. The molecule has 2 bridgehead atoms. The van der Waals surface area contributed by atoms with Gasteiger partial charge in [0.05, 0.1) is 5.69 Å². The smallest absolute Gasteiger partial charge is 0.144 e. The molecular formula is C11H14FN3. The van der Waals surface area contributed by atoms with Crippen LogP contribution in [-0.2, 0) is 0 Å². The average Bonchev–Trinajstić information content (AvgIpc) is 2.83. The molecule has 1 aromatic rings. The van der Waals surface area contributed by atoms with Crippen LogP contribution in [0.1, 0.15) is 12.1 Å². The summed E-state index contributed by atoms with van der Waals surface area (Å²) >= 11 is 0. The standard InChI is InChI=1S/C11H14FN3/c1-7-10(12)2-3-11(14-7)15-6-8-4-9(15)5-13-8/h2-3,8-9,13H,4-6H2,1H3/t8-,9-/m0/s1. The molecule has 3 rings (SSSR count). The minimum absolute atomic E-state index is 0.221. The molecule has 2 fully saturated rings. The SMILES string of the molecule is Cc1nc(N2C[C@@H]3C[C@H]2CN3)ccc1F. The predicted octanol–water partition coefficient (Wildman–Crippen LogP) is 1.08. The van der Waals surface area contributed by atoms with Crippen molar-refractivity contribution in [1.29, 1.82) is 0 Å². The van der Waals surface area contributed by atoms with Crippen molar-refractivity contribution in [1.82, 2.24) is 10.3 Å². The van der Waals surface area contributed by atoms with E-state index in [1.165, 1.54) is 12.5 Å². The highest BCUT2D eigenvalue weighted by atomic mass is 19.1. The summed E-state index contributed by atoms with van der Waals surface area (Å²) in [5, 5.41) is 3.44. The van der Waals surface area contributed by atoms with Gasteiger partial charge >= 0.3 is 0 Å². The molecule has 2 atom stereocenters. The van der Waals surface area contributed by atoms with Crippen molar-refractivity contribution in [3.63, 3.8) is 0 Å². The Morgan fingerprint density at radius 3 is 3.00 bits per heavy atom. The van der Waals surface area contributed by atoms with Gasteiger partial charge in [-0.05, 0) is 25.5 Å². The number of fused-ring (bicyclic) bond motifs is 2. The monoisotopic (exact) mass is 207 g/mol. The average molecular weight is 207 g/mol. The zero-order valence-electron chi connectivity index (χ0n) is 8.70. The number of nitrogens with one attached hydrogen (secondary N) is 1. The van der Waals surface area contributed by atoms with E-state index >= 15 is 0 Å². The van der Waals surface area contributed by atoms with Gasteiger partial charge in [-0.15, -0.1) is 0 Å². The first-order valence-corrected chi connectivity index (χ1v) is 5.37. The maximum Gasteiger partial charge on any atom is 0.144 e. The van der Waals surface area contributed by atoms with Gasteiger partial charge in [-0.2, -0.15) is 0 Å². The Morgan fingerprint density at radius 2 is 2.40 bits per heavy atom. The Balaban J connectivity index is 1.90. The van der Waals surface area contributed by atoms with Crippen molar-refractivity contribution in [3.8, 4) is 0 Å². The molecule has 1 N–H and O–H groups in total. The van der Waals surface area contributed by atoms with Gasteiger partial charge in [0.25, 0.3) is 0 Å². The van der Waals surface area contributed by atoms with Gasteiger partial charge in [-0.3, -0.25) is 0 Å². The number of hydrogen-bond donors (Lipinski definition) is 1. The number of nitrogens with zero attached hydrogens (tertiary/aromatic N) is 2. The fraction of sp³-hybridized carbons (Fsp3) is 0.545. The number of piperazine rings is 1. The highest BCUT2D eigenvalue weighted by molar-refractivity contribution is 5.44. The number of anilines is 1. The van der Waals surface area contributed by atoms with Crippen LogP contribution in [0, 0.1) is 12.7 Å². The third-order valence-electron chi connectivity index (χ3n) is 3.36. The number of hydrogen-bond acceptors (Lipinski definition) is 3. The molecule has 15 heavy (non-hydrogen) atoms. The second kappa shape index (κ2) is 3.17. The summed E-state index contributed by atoms with van der Waals surface area (Å²) in [4.78, 5) is 6.58. The molecule has 3 nitrogen and oxygen atoms in total. The topological polar surface area (TPSA) is 28.2 Å². The van der Waals surface area contributed by atoms with Crippen LogP contribution >= 0.6 is 0 Å². The first-order valence-electron chi connectivity index (χ1n) is 5.37. The summed E-state index contributed by atoms with van der Waals surface area (Å²) in [5.41, 5.74) is 0.489. The first-order chi connectivity index (χ1) is 7.24. The third-order valence-corrected chi connectivity index (χ3v) is 3.36. The lowest BCUT2D eigenvalue weighted by Crippen LogP contribution is -2.44. The number of halogens is 1. The molecule has 2 aliphatic rings. The minimum Gasteiger partial charge on any atom is -0.351 e. The summed E-state index contributed by atoms with van der Waals surface area (Å²) < 4.78 is 13.1. The number of rotatable bonds is 1. The van der Waals surface area contributed by atoms with Gasteiger partial charge in [0, 0.05) is 25.2 Å². The predicted molar refractivity (Wildman–Crippen MR) is 56.5 cm³/mol. The van der Waals surface area contributed by atoms with Crippen LogP contribution in [0.5, 0.6) is 0 Å². The molecule has 0 amide bonds. The van der Waals surface area contributed by atoms with Gasteiger partial charge in [-0.1, -0.05) is 0 Å². The van der Waals surface area contributed by atoms with Gasteiger partial charge in [0.2, 0.25) is 0 Å². The number of pyridine rings is 1. The van der Waals surface area contributed by atoms with Crippen molar-refractivity contribution in [3.05, 3.63) is 23.6 Å². The van der Waals surface area contributed by atoms with Crippen LogP contribution in [-0.4, -0.2) is 30.2 Å². The molecule has 0 saturated carbocycles. The molecule has 0 unspecified atom stereocenters. The van der Waals surface area contributed by atoms with Gasteiger partial charge < -0.3 is 10.2 Å². The van der Waals surface area contributed by atoms with Crippen molar-refractivity contribution in [2.75, 3.05) is 18.0 Å². The number of aryl methyl sites for hydroxylation is 1. The molecule has 0 radical (unpaired) electrons. The summed E-state index contributed by atoms with van der Waals surface area (Å²) in [5.74, 6) is 0.698. The van der Waals surface area contributed by atoms with E-state index in [0.29, 0.717) is 17.8 Å². The largest absolute Gasteiger partial charge is 0.351 e. The lowest BCUT2D eigenvalue weighted by Gasteiger charge is -2.28. The number of aromatic nitrogens is 1. The van der Waals surface area contributed by atoms with E-state index < -0.39 is 0 Å². The molecule has 1 aromatic heterocycles. The Bertz CT molecular complexity index is 393. The van der Waals surface area contributed by atoms with E-state index in [1.807, 2.05) is 0 Å². The van der Waals surface area contributed by atoms with Gasteiger partial charge in [0.1, 0.15) is 11.6 Å². The minimum atomic E-state index is -0.221. The van der Waals surface area contributed by atoms with Gasteiger partial charge in [-0.25, -0.2) is 9.37 Å². The summed E-state index contributed by atoms with van der Waals surface area (Å²) in [6.07, 6.45) is 1.19. The van der Waals surface area contributed by atoms with Gasteiger partial charge in [0.15, 0.2) is 0 Å². The second-order valence-corrected chi connectivity index (χ2v) is 4.38. The molecule has 2 saturated heterocycles. The molecular weight excluding hydrogens is 193 g/mol. The van der Waals surface area contributed by atoms with E-state index in [9.17, 15) is 4.39 Å². The molecule has 80 valence electrons. The molecule has 0 aromatic carbocycles. The van der Waals surface area contributed by atoms with Crippen LogP contribution in [0.25, 0.3) is 0 Å². The normalized spacial score (nSPS) is 28.8. The Morgan fingerprint density at radius 1 is 1.53 bits per heavy atom.